The number of nitrogens with zero attached hydrogens (tertiary/aromatic N) is 2. The van der Waals surface area contributed by atoms with Crippen LogP contribution in [-0.2, 0) is 27.9 Å². The monoisotopic (exact) mass is 336 g/mol. The summed E-state index contributed by atoms with van der Waals surface area (Å²) in [4.78, 5) is 13.7. The number of aryl methyl sites for hydroxylation is 1. The molecule has 1 heterocycles. The Morgan fingerprint density at radius 2 is 2.13 bits per heavy atom. The van der Waals surface area contributed by atoms with E-state index in [4.69, 9.17) is 9.26 Å². The van der Waals surface area contributed by atoms with E-state index >= 15 is 0 Å². The number of ether oxygens (including phenoxy) is 1. The van der Waals surface area contributed by atoms with Crippen LogP contribution < -0.4 is 4.74 Å². The maximum atomic E-state index is 12.2. The lowest BCUT2D eigenvalue weighted by Crippen LogP contribution is -2.30. The van der Waals surface area contributed by atoms with E-state index in [1.54, 1.807) is 32.0 Å². The van der Waals surface area contributed by atoms with Crippen LogP contribution in [0.5, 0.6) is 5.75 Å². The van der Waals surface area contributed by atoms with E-state index in [1.165, 1.54) is 0 Å². The molecular weight excluding hydrogens is 316 g/mol. The van der Waals surface area contributed by atoms with Gasteiger partial charge >= 0.3 is 0 Å². The topological polar surface area (TPSA) is 72.6 Å². The molecule has 124 valence electrons. The van der Waals surface area contributed by atoms with Crippen LogP contribution in [-0.4, -0.2) is 40.1 Å². The molecule has 0 bridgehead atoms. The van der Waals surface area contributed by atoms with Crippen molar-refractivity contribution in [3.8, 4) is 5.75 Å². The van der Waals surface area contributed by atoms with Gasteiger partial charge in [-0.3, -0.25) is 9.00 Å². The van der Waals surface area contributed by atoms with E-state index < -0.39 is 10.8 Å². The summed E-state index contributed by atoms with van der Waals surface area (Å²) >= 11 is 0. The fourth-order valence-electron chi connectivity index (χ4n) is 2.13. The Balaban J connectivity index is 1.90. The molecule has 0 saturated heterocycles. The van der Waals surface area contributed by atoms with Crippen molar-refractivity contribution in [3.05, 3.63) is 47.3 Å². The van der Waals surface area contributed by atoms with Crippen molar-refractivity contribution in [2.45, 2.75) is 19.2 Å². The zero-order valence-electron chi connectivity index (χ0n) is 13.4. The Morgan fingerprint density at radius 1 is 1.39 bits per heavy atom. The summed E-state index contributed by atoms with van der Waals surface area (Å²) in [6, 6.07) is 9.23. The lowest BCUT2D eigenvalue weighted by Gasteiger charge is -2.18. The third kappa shape index (κ3) is 4.92. The van der Waals surface area contributed by atoms with Crippen LogP contribution in [0.2, 0.25) is 0 Å². The number of rotatable bonds is 7. The number of carbonyl (C=O) groups excluding carboxylic acids is 1. The predicted octanol–water partition coefficient (Wildman–Crippen LogP) is 1.90. The lowest BCUT2D eigenvalue weighted by molar-refractivity contribution is -0.127. The first kappa shape index (κ1) is 17.2. The van der Waals surface area contributed by atoms with Gasteiger partial charge in [-0.15, -0.1) is 0 Å². The fourth-order valence-corrected chi connectivity index (χ4v) is 3.19. The molecule has 7 heteroatoms. The zero-order chi connectivity index (χ0) is 16.8. The average Bonchev–Trinajstić information content (AvgIpc) is 2.92. The molecule has 0 fully saturated rings. The largest absolute Gasteiger partial charge is 0.496 e. The quantitative estimate of drug-likeness (QED) is 0.772. The molecule has 0 aliphatic heterocycles. The van der Waals surface area contributed by atoms with Crippen LogP contribution in [0.4, 0.5) is 0 Å². The van der Waals surface area contributed by atoms with Crippen LogP contribution in [0, 0.1) is 6.92 Å². The highest BCUT2D eigenvalue weighted by Crippen LogP contribution is 2.18. The molecule has 0 N–H and O–H groups in total. The van der Waals surface area contributed by atoms with Crippen molar-refractivity contribution in [3.63, 3.8) is 0 Å². The van der Waals surface area contributed by atoms with E-state index in [9.17, 15) is 9.00 Å². The summed E-state index contributed by atoms with van der Waals surface area (Å²) in [5.74, 6) is 1.38. The number of amides is 1. The van der Waals surface area contributed by atoms with Crippen LogP contribution >= 0.6 is 0 Å². The molecule has 2 aromatic rings. The molecule has 0 spiro atoms. The molecule has 0 aliphatic carbocycles. The van der Waals surface area contributed by atoms with Gasteiger partial charge in [-0.05, 0) is 13.0 Å². The molecule has 23 heavy (non-hydrogen) atoms. The molecule has 2 rings (SSSR count). The van der Waals surface area contributed by atoms with E-state index in [0.29, 0.717) is 18.0 Å². The molecule has 1 amide bonds. The van der Waals surface area contributed by atoms with E-state index in [1.807, 2.05) is 24.3 Å². The van der Waals surface area contributed by atoms with Gasteiger partial charge in [-0.2, -0.15) is 0 Å². The summed E-state index contributed by atoms with van der Waals surface area (Å²) in [6.07, 6.45) is 0. The van der Waals surface area contributed by atoms with Gasteiger partial charge in [-0.25, -0.2) is 0 Å². The third-order valence-corrected chi connectivity index (χ3v) is 4.48. The fraction of sp³-hybridized carbons (Fsp3) is 0.375. The summed E-state index contributed by atoms with van der Waals surface area (Å²) in [6.45, 7) is 2.18. The molecule has 0 unspecified atom stereocenters. The highest BCUT2D eigenvalue weighted by Gasteiger charge is 2.16. The van der Waals surface area contributed by atoms with Crippen molar-refractivity contribution in [2.75, 3.05) is 19.9 Å². The maximum Gasteiger partial charge on any atom is 0.235 e. The summed E-state index contributed by atoms with van der Waals surface area (Å²) in [5, 5.41) is 3.79. The standard InChI is InChI=1S/C16H20N2O4S/c1-12-8-14(17-22-12)10-23(20)11-16(19)18(2)9-13-6-4-5-7-15(13)21-3/h4-8H,9-11H2,1-3H3/t23-/m0/s1. The van der Waals surface area contributed by atoms with Gasteiger partial charge in [0.1, 0.15) is 17.3 Å². The third-order valence-electron chi connectivity index (χ3n) is 3.30. The number of benzene rings is 1. The Hall–Kier alpha value is -2.15. The minimum Gasteiger partial charge on any atom is -0.496 e. The van der Waals surface area contributed by atoms with Crippen LogP contribution in [0.25, 0.3) is 0 Å². The Bertz CT molecular complexity index is 699. The van der Waals surface area contributed by atoms with Gasteiger partial charge < -0.3 is 14.2 Å². The minimum absolute atomic E-state index is 0.0441. The Morgan fingerprint density at radius 3 is 2.78 bits per heavy atom. The van der Waals surface area contributed by atoms with Gasteiger partial charge in [0.2, 0.25) is 5.91 Å². The van der Waals surface area contributed by atoms with Gasteiger partial charge in [-0.1, -0.05) is 23.4 Å². The first-order chi connectivity index (χ1) is 11.0. The van der Waals surface area contributed by atoms with Crippen LogP contribution in [0.1, 0.15) is 17.0 Å². The molecule has 1 aromatic heterocycles. The molecule has 0 aliphatic rings. The molecule has 0 radical (unpaired) electrons. The normalized spacial score (nSPS) is 12.0. The number of hydrogen-bond donors (Lipinski definition) is 0. The highest BCUT2D eigenvalue weighted by molar-refractivity contribution is 7.84. The number of methoxy groups -OCH3 is 1. The Kier molecular flexibility index (Phi) is 5.92. The van der Waals surface area contributed by atoms with Gasteiger partial charge in [0.05, 0.1) is 18.6 Å². The van der Waals surface area contributed by atoms with E-state index in [2.05, 4.69) is 5.16 Å². The molecule has 6 nitrogen and oxygen atoms in total. The molecule has 1 atom stereocenters. The van der Waals surface area contributed by atoms with Gasteiger partial charge in [0, 0.05) is 36.0 Å². The van der Waals surface area contributed by atoms with E-state index in [0.717, 1.165) is 11.3 Å². The van der Waals surface area contributed by atoms with E-state index in [-0.39, 0.29) is 17.4 Å². The number of hydrogen-bond acceptors (Lipinski definition) is 5. The van der Waals surface area contributed by atoms with Gasteiger partial charge in [0.15, 0.2) is 0 Å². The van der Waals surface area contributed by atoms with Crippen molar-refractivity contribution in [1.29, 1.82) is 0 Å². The smallest absolute Gasteiger partial charge is 0.235 e. The van der Waals surface area contributed by atoms with Crippen molar-refractivity contribution in [2.24, 2.45) is 0 Å². The highest BCUT2D eigenvalue weighted by atomic mass is 32.2. The average molecular weight is 336 g/mol. The molecule has 0 saturated carbocycles. The number of carbonyl (C=O) groups is 1. The zero-order valence-corrected chi connectivity index (χ0v) is 14.3. The lowest BCUT2D eigenvalue weighted by atomic mass is 10.2. The number of aromatic nitrogens is 1. The predicted molar refractivity (Wildman–Crippen MR) is 87.4 cm³/mol. The van der Waals surface area contributed by atoms with Crippen molar-refractivity contribution >= 4 is 16.7 Å². The summed E-state index contributed by atoms with van der Waals surface area (Å²) in [7, 11) is 1.96. The van der Waals surface area contributed by atoms with Crippen LogP contribution in [0.15, 0.2) is 34.9 Å². The van der Waals surface area contributed by atoms with Crippen LogP contribution in [0.3, 0.4) is 0 Å². The minimum atomic E-state index is -1.32. The SMILES string of the molecule is COc1ccccc1CN(C)C(=O)C[S@@](=O)Cc1cc(C)on1. The first-order valence-corrected chi connectivity index (χ1v) is 8.61. The Labute approximate surface area is 137 Å². The second-order valence-electron chi connectivity index (χ2n) is 5.22. The first-order valence-electron chi connectivity index (χ1n) is 7.12. The second-order valence-corrected chi connectivity index (χ2v) is 6.68. The van der Waals surface area contributed by atoms with Crippen molar-refractivity contribution < 1.29 is 18.3 Å². The number of para-hydroxylation sites is 1. The molecular formula is C16H20N2O4S. The summed E-state index contributed by atoms with van der Waals surface area (Å²) in [5.41, 5.74) is 1.50. The summed E-state index contributed by atoms with van der Waals surface area (Å²) < 4.78 is 22.3. The van der Waals surface area contributed by atoms with Crippen molar-refractivity contribution in [1.82, 2.24) is 10.1 Å². The molecule has 1 aromatic carbocycles. The van der Waals surface area contributed by atoms with Gasteiger partial charge in [0.25, 0.3) is 0 Å². The maximum absolute atomic E-state index is 12.2. The second kappa shape index (κ2) is 7.92.